The van der Waals surface area contributed by atoms with Gasteiger partial charge in [0.15, 0.2) is 5.69 Å². The van der Waals surface area contributed by atoms with Gasteiger partial charge in [-0.05, 0) is 11.8 Å². The molecule has 0 bridgehead atoms. The molecule has 0 saturated carbocycles. The maximum absolute atomic E-state index is 13.6. The lowest BCUT2D eigenvalue weighted by molar-refractivity contribution is -0.274. The van der Waals surface area contributed by atoms with Crippen LogP contribution in [0.25, 0.3) is 5.69 Å². The summed E-state index contributed by atoms with van der Waals surface area (Å²) in [4.78, 5) is -0.324. The van der Waals surface area contributed by atoms with Crippen molar-refractivity contribution in [3.63, 3.8) is 0 Å². The molecule has 0 atom stereocenters. The number of halogens is 9. The van der Waals surface area contributed by atoms with Gasteiger partial charge in [-0.3, -0.25) is 0 Å². The highest BCUT2D eigenvalue weighted by Gasteiger charge is 2.33. The largest absolute Gasteiger partial charge is 0.573 e. The number of nitriles is 1. The summed E-state index contributed by atoms with van der Waals surface area (Å²) in [6.07, 6.45) is -4.99. The molecule has 0 saturated heterocycles. The van der Waals surface area contributed by atoms with Crippen LogP contribution >= 0.6 is 58.2 Å². The first-order valence-corrected chi connectivity index (χ1v) is 8.78. The van der Waals surface area contributed by atoms with Crippen LogP contribution in [0.1, 0.15) is 11.4 Å². The second-order valence-electron chi connectivity index (χ2n) is 4.61. The molecule has 1 aromatic carbocycles. The zero-order valence-electron chi connectivity index (χ0n) is 12.4. The zero-order valence-corrected chi connectivity index (χ0v) is 16.3. The molecule has 146 valence electrons. The van der Waals surface area contributed by atoms with E-state index in [-0.39, 0.29) is 28.0 Å². The molecular weight excluding hydrogens is 483 g/mol. The van der Waals surface area contributed by atoms with Gasteiger partial charge in [-0.15, -0.1) is 13.2 Å². The molecular formula is C13H4Cl4F5N3OS. The van der Waals surface area contributed by atoms with Crippen LogP contribution < -0.4 is 4.74 Å². The van der Waals surface area contributed by atoms with Crippen molar-refractivity contribution in [1.82, 2.24) is 9.78 Å². The van der Waals surface area contributed by atoms with Crippen LogP contribution in [-0.4, -0.2) is 20.1 Å². The van der Waals surface area contributed by atoms with E-state index >= 15 is 0 Å². The predicted octanol–water partition coefficient (Wildman–Crippen LogP) is 6.57. The van der Waals surface area contributed by atoms with Gasteiger partial charge in [-0.1, -0.05) is 46.4 Å². The van der Waals surface area contributed by atoms with E-state index in [0.29, 0.717) is 0 Å². The Balaban J connectivity index is 2.64. The molecule has 0 aliphatic rings. The topological polar surface area (TPSA) is 50.8 Å². The summed E-state index contributed by atoms with van der Waals surface area (Å²) in [5.41, 5.74) is -1.08. The minimum atomic E-state index is -4.99. The Kier molecular flexibility index (Phi) is 6.64. The van der Waals surface area contributed by atoms with E-state index in [1.54, 1.807) is 6.07 Å². The van der Waals surface area contributed by atoms with Crippen molar-refractivity contribution in [2.45, 2.75) is 21.9 Å². The standard InChI is InChI=1S/C13H4Cl4F5N3OS/c14-6-1-5(26-13(20,21)22)2-7(15)10(6)25-9(3-18)11(8(4-23)24-25)27-12(16,17)19/h1-2H,3H2. The number of hydrogen-bond donors (Lipinski definition) is 0. The lowest BCUT2D eigenvalue weighted by Gasteiger charge is -2.14. The summed E-state index contributed by atoms with van der Waals surface area (Å²) in [6, 6.07) is 3.13. The molecule has 4 nitrogen and oxygen atoms in total. The zero-order chi connectivity index (χ0) is 20.6. The highest BCUT2D eigenvalue weighted by atomic mass is 35.5. The van der Waals surface area contributed by atoms with Crippen LogP contribution in [0, 0.1) is 11.3 Å². The fourth-order valence-corrected chi connectivity index (χ4v) is 3.74. The van der Waals surface area contributed by atoms with Gasteiger partial charge in [-0.2, -0.15) is 14.8 Å². The fourth-order valence-electron chi connectivity index (χ4n) is 1.97. The van der Waals surface area contributed by atoms with Crippen LogP contribution in [-0.2, 0) is 6.67 Å². The van der Waals surface area contributed by atoms with Crippen LogP contribution in [0.4, 0.5) is 22.0 Å². The van der Waals surface area contributed by atoms with Crippen LogP contribution in [0.15, 0.2) is 17.0 Å². The van der Waals surface area contributed by atoms with Crippen LogP contribution in [0.5, 0.6) is 5.75 Å². The fraction of sp³-hybridized carbons (Fsp3) is 0.231. The van der Waals surface area contributed by atoms with E-state index in [0.717, 1.165) is 16.8 Å². The third-order valence-corrected chi connectivity index (χ3v) is 4.72. The summed E-state index contributed by atoms with van der Waals surface area (Å²) in [7, 11) is 0. The molecule has 0 spiro atoms. The van der Waals surface area contributed by atoms with Gasteiger partial charge < -0.3 is 4.74 Å². The van der Waals surface area contributed by atoms with Gasteiger partial charge in [-0.25, -0.2) is 9.07 Å². The molecule has 27 heavy (non-hydrogen) atoms. The lowest BCUT2D eigenvalue weighted by atomic mass is 10.3. The Labute approximate surface area is 172 Å². The molecule has 0 N–H and O–H groups in total. The summed E-state index contributed by atoms with van der Waals surface area (Å²) < 4.78 is 65.7. The summed E-state index contributed by atoms with van der Waals surface area (Å²) in [5, 5.41) is 12.1. The predicted molar refractivity (Wildman–Crippen MR) is 91.2 cm³/mol. The number of aromatic nitrogens is 2. The number of ether oxygens (including phenoxy) is 1. The average Bonchev–Trinajstić information content (AvgIpc) is 2.80. The maximum Gasteiger partial charge on any atom is 0.573 e. The molecule has 0 aliphatic carbocycles. The number of benzene rings is 1. The summed E-state index contributed by atoms with van der Waals surface area (Å²) in [5.74, 6) is -0.727. The van der Waals surface area contributed by atoms with Gasteiger partial charge in [0.05, 0.1) is 20.6 Å². The molecule has 1 aromatic heterocycles. The normalized spacial score (nSPS) is 12.1. The first-order chi connectivity index (χ1) is 12.4. The van der Waals surface area contributed by atoms with Crippen molar-refractivity contribution in [3.05, 3.63) is 33.6 Å². The quantitative estimate of drug-likeness (QED) is 0.272. The lowest BCUT2D eigenvalue weighted by Crippen LogP contribution is -2.17. The second-order valence-corrected chi connectivity index (χ2v) is 8.29. The number of nitrogens with zero attached hydrogens (tertiary/aromatic N) is 3. The van der Waals surface area contributed by atoms with Gasteiger partial charge in [0.2, 0.25) is 0 Å². The smallest absolute Gasteiger partial charge is 0.406 e. The molecule has 0 fully saturated rings. The number of rotatable bonds is 5. The highest BCUT2D eigenvalue weighted by Crippen LogP contribution is 2.45. The third kappa shape index (κ3) is 5.45. The second kappa shape index (κ2) is 8.09. The van der Waals surface area contributed by atoms with Crippen molar-refractivity contribution < 1.29 is 26.7 Å². The minimum Gasteiger partial charge on any atom is -0.406 e. The average molecular weight is 487 g/mol. The van der Waals surface area contributed by atoms with Crippen LogP contribution in [0.2, 0.25) is 10.0 Å². The number of hydrogen-bond acceptors (Lipinski definition) is 4. The Morgan fingerprint density at radius 3 is 2.15 bits per heavy atom. The van der Waals surface area contributed by atoms with E-state index < -0.39 is 38.4 Å². The monoisotopic (exact) mass is 485 g/mol. The van der Waals surface area contributed by atoms with Gasteiger partial charge in [0, 0.05) is 12.1 Å². The van der Waals surface area contributed by atoms with E-state index in [1.807, 2.05) is 0 Å². The molecule has 2 rings (SSSR count). The molecule has 14 heteroatoms. The van der Waals surface area contributed by atoms with E-state index in [9.17, 15) is 22.0 Å². The molecule has 1 heterocycles. The van der Waals surface area contributed by atoms with Crippen molar-refractivity contribution in [2.24, 2.45) is 0 Å². The Bertz CT molecular complexity index is 884. The Morgan fingerprint density at radius 1 is 1.19 bits per heavy atom. The van der Waals surface area contributed by atoms with Crippen LogP contribution in [0.3, 0.4) is 0 Å². The Hall–Kier alpha value is -1.12. The summed E-state index contributed by atoms with van der Waals surface area (Å²) >= 11 is 22.5. The van der Waals surface area contributed by atoms with E-state index in [4.69, 9.17) is 51.7 Å². The molecule has 0 amide bonds. The van der Waals surface area contributed by atoms with Gasteiger partial charge in [0.25, 0.3) is 0 Å². The van der Waals surface area contributed by atoms with Gasteiger partial charge in [0.1, 0.15) is 24.2 Å². The summed E-state index contributed by atoms with van der Waals surface area (Å²) in [6.45, 7) is -1.27. The molecule has 0 aliphatic heterocycles. The van der Waals surface area contributed by atoms with Gasteiger partial charge >= 0.3 is 10.3 Å². The molecule has 2 aromatic rings. The first-order valence-electron chi connectivity index (χ1n) is 6.45. The van der Waals surface area contributed by atoms with Crippen molar-refractivity contribution >= 4 is 58.2 Å². The number of alkyl halides is 7. The molecule has 0 radical (unpaired) electrons. The SMILES string of the molecule is N#Cc1nn(-c2c(Cl)cc(OC(F)(F)F)cc2Cl)c(CF)c1SC(F)(Cl)Cl. The minimum absolute atomic E-state index is 0.100. The Morgan fingerprint density at radius 2 is 1.74 bits per heavy atom. The maximum atomic E-state index is 13.6. The first kappa shape index (κ1) is 22.2. The van der Waals surface area contributed by atoms with Crippen molar-refractivity contribution in [1.29, 1.82) is 5.26 Å². The highest BCUT2D eigenvalue weighted by molar-refractivity contribution is 8.03. The van der Waals surface area contributed by atoms with E-state index in [2.05, 4.69) is 9.84 Å². The van der Waals surface area contributed by atoms with E-state index in [1.165, 1.54) is 0 Å². The van der Waals surface area contributed by atoms with Crippen molar-refractivity contribution in [3.8, 4) is 17.5 Å². The third-order valence-electron chi connectivity index (χ3n) is 2.82. The number of thioether (sulfide) groups is 1. The molecule has 0 unspecified atom stereocenters. The van der Waals surface area contributed by atoms with Crippen molar-refractivity contribution in [2.75, 3.05) is 0 Å².